The van der Waals surface area contributed by atoms with Crippen molar-refractivity contribution in [3.8, 4) is 0 Å². The number of anilines is 1. The molecule has 0 aliphatic carbocycles. The molecule has 5 nitrogen and oxygen atoms in total. The van der Waals surface area contributed by atoms with Crippen LogP contribution in [0, 0.1) is 23.4 Å². The van der Waals surface area contributed by atoms with Crippen LogP contribution in [0.4, 0.5) is 23.7 Å². The molecule has 1 aliphatic heterocycles. The molecule has 0 aromatic heterocycles. The summed E-state index contributed by atoms with van der Waals surface area (Å²) in [5.74, 6) is -2.71. The minimum atomic E-state index is -0.925. The molecule has 3 rings (SSSR count). The first kappa shape index (κ1) is 20.9. The summed E-state index contributed by atoms with van der Waals surface area (Å²) in [4.78, 5) is 26.8. The van der Waals surface area contributed by atoms with Crippen molar-refractivity contribution in [1.29, 1.82) is 0 Å². The van der Waals surface area contributed by atoms with Crippen molar-refractivity contribution >= 4 is 17.6 Å². The molecule has 0 radical (unpaired) electrons. The number of hydrogen-bond acceptors (Lipinski definition) is 3. The average Bonchev–Trinajstić information content (AvgIpc) is 2.72. The highest BCUT2D eigenvalue weighted by atomic mass is 19.1. The third-order valence-corrected chi connectivity index (χ3v) is 4.91. The third kappa shape index (κ3) is 5.57. The molecule has 2 aromatic carbocycles. The lowest BCUT2D eigenvalue weighted by atomic mass is 9.96. The number of piperidine rings is 1. The summed E-state index contributed by atoms with van der Waals surface area (Å²) < 4.78 is 40.1. The molecular weight excluding hydrogens is 383 g/mol. The van der Waals surface area contributed by atoms with Gasteiger partial charge < -0.3 is 10.6 Å². The lowest BCUT2D eigenvalue weighted by molar-refractivity contribution is -0.133. The number of urea groups is 1. The summed E-state index contributed by atoms with van der Waals surface area (Å²) in [5, 5.41) is 5.51. The second-order valence-corrected chi connectivity index (χ2v) is 6.94. The van der Waals surface area contributed by atoms with Crippen molar-refractivity contribution in [1.82, 2.24) is 10.2 Å². The largest absolute Gasteiger partial charge is 0.328 e. The highest BCUT2D eigenvalue weighted by Gasteiger charge is 2.30. The molecule has 0 bridgehead atoms. The van der Waals surface area contributed by atoms with Crippen LogP contribution in [0.2, 0.25) is 0 Å². The minimum absolute atomic E-state index is 0.0586. The summed E-state index contributed by atoms with van der Waals surface area (Å²) in [7, 11) is 0. The van der Waals surface area contributed by atoms with E-state index in [1.54, 1.807) is 12.1 Å². The van der Waals surface area contributed by atoms with Crippen LogP contribution in [-0.4, -0.2) is 36.5 Å². The molecule has 3 amide bonds. The van der Waals surface area contributed by atoms with E-state index in [0.717, 1.165) is 22.6 Å². The van der Waals surface area contributed by atoms with Crippen molar-refractivity contribution in [2.75, 3.05) is 25.0 Å². The predicted molar refractivity (Wildman–Crippen MR) is 103 cm³/mol. The van der Waals surface area contributed by atoms with E-state index in [4.69, 9.17) is 0 Å². The summed E-state index contributed by atoms with van der Waals surface area (Å²) in [6.07, 6.45) is 1.53. The van der Waals surface area contributed by atoms with E-state index in [2.05, 4.69) is 10.6 Å². The Morgan fingerprint density at radius 1 is 1.00 bits per heavy atom. The third-order valence-electron chi connectivity index (χ3n) is 4.91. The number of hydrogen-bond donors (Lipinski definition) is 2. The second kappa shape index (κ2) is 9.56. The minimum Gasteiger partial charge on any atom is -0.317 e. The molecule has 8 heteroatoms. The standard InChI is InChI=1S/C21H22F3N3O2/c22-16-3-1-14(2-4-16)9-12-27(20(28)15-7-10-25-11-8-15)21(29)26-19-6-5-17(23)13-18(19)24/h1-6,13,15,25H,7-12H2,(H,26,29). The zero-order valence-corrected chi connectivity index (χ0v) is 15.8. The number of benzene rings is 2. The Kier molecular flexibility index (Phi) is 6.87. The van der Waals surface area contributed by atoms with Gasteiger partial charge in [-0.3, -0.25) is 9.69 Å². The molecule has 0 spiro atoms. The van der Waals surface area contributed by atoms with Crippen molar-refractivity contribution in [2.24, 2.45) is 5.92 Å². The van der Waals surface area contributed by atoms with Crippen LogP contribution in [-0.2, 0) is 11.2 Å². The predicted octanol–water partition coefficient (Wildman–Crippen LogP) is 3.71. The first-order valence-corrected chi connectivity index (χ1v) is 9.46. The Bertz CT molecular complexity index is 868. The van der Waals surface area contributed by atoms with Gasteiger partial charge in [-0.15, -0.1) is 0 Å². The van der Waals surface area contributed by atoms with Gasteiger partial charge in [0, 0.05) is 18.5 Å². The van der Waals surface area contributed by atoms with Crippen LogP contribution in [0.1, 0.15) is 18.4 Å². The molecule has 29 heavy (non-hydrogen) atoms. The van der Waals surface area contributed by atoms with Crippen molar-refractivity contribution in [2.45, 2.75) is 19.3 Å². The molecule has 0 unspecified atom stereocenters. The zero-order valence-electron chi connectivity index (χ0n) is 15.8. The zero-order chi connectivity index (χ0) is 20.8. The number of carbonyl (C=O) groups excluding carboxylic acids is 2. The van der Waals surface area contributed by atoms with Crippen LogP contribution < -0.4 is 10.6 Å². The van der Waals surface area contributed by atoms with Gasteiger partial charge in [0.05, 0.1) is 5.69 Å². The normalized spacial score (nSPS) is 14.4. The van der Waals surface area contributed by atoms with E-state index >= 15 is 0 Å². The van der Waals surface area contributed by atoms with Crippen molar-refractivity contribution < 1.29 is 22.8 Å². The van der Waals surface area contributed by atoms with Gasteiger partial charge in [0.2, 0.25) is 5.91 Å². The first-order valence-electron chi connectivity index (χ1n) is 9.46. The van der Waals surface area contributed by atoms with Crippen LogP contribution in [0.5, 0.6) is 0 Å². The lowest BCUT2D eigenvalue weighted by Gasteiger charge is -2.28. The highest BCUT2D eigenvalue weighted by molar-refractivity contribution is 6.02. The van der Waals surface area contributed by atoms with Gasteiger partial charge in [0.25, 0.3) is 0 Å². The maximum absolute atomic E-state index is 13.9. The number of nitrogens with zero attached hydrogens (tertiary/aromatic N) is 1. The Balaban J connectivity index is 1.75. The smallest absolute Gasteiger partial charge is 0.317 e. The highest BCUT2D eigenvalue weighted by Crippen LogP contribution is 2.19. The Hall–Kier alpha value is -2.87. The van der Waals surface area contributed by atoms with E-state index in [9.17, 15) is 22.8 Å². The fraction of sp³-hybridized carbons (Fsp3) is 0.333. The summed E-state index contributed by atoms with van der Waals surface area (Å²) >= 11 is 0. The van der Waals surface area contributed by atoms with E-state index < -0.39 is 17.7 Å². The summed E-state index contributed by atoms with van der Waals surface area (Å²) in [6.45, 7) is 1.41. The molecule has 154 valence electrons. The van der Waals surface area contributed by atoms with Crippen LogP contribution in [0.25, 0.3) is 0 Å². The van der Waals surface area contributed by atoms with Gasteiger partial charge in [0.1, 0.15) is 17.5 Å². The summed E-state index contributed by atoms with van der Waals surface area (Å²) in [6, 6.07) is 7.80. The Morgan fingerprint density at radius 3 is 2.31 bits per heavy atom. The fourth-order valence-electron chi connectivity index (χ4n) is 3.27. The Morgan fingerprint density at radius 2 is 1.66 bits per heavy atom. The molecule has 0 atom stereocenters. The van der Waals surface area contributed by atoms with Gasteiger partial charge in [-0.25, -0.2) is 18.0 Å². The van der Waals surface area contributed by atoms with Crippen molar-refractivity contribution in [3.63, 3.8) is 0 Å². The monoisotopic (exact) mass is 405 g/mol. The van der Waals surface area contributed by atoms with Gasteiger partial charge >= 0.3 is 6.03 Å². The van der Waals surface area contributed by atoms with Gasteiger partial charge in [-0.2, -0.15) is 0 Å². The number of carbonyl (C=O) groups is 2. The van der Waals surface area contributed by atoms with Crippen LogP contribution in [0.15, 0.2) is 42.5 Å². The van der Waals surface area contributed by atoms with Gasteiger partial charge in [-0.05, 0) is 62.2 Å². The topological polar surface area (TPSA) is 61.4 Å². The molecular formula is C21H22F3N3O2. The number of halogens is 3. The van der Waals surface area contributed by atoms with E-state index in [-0.39, 0.29) is 29.9 Å². The SMILES string of the molecule is O=C(Nc1ccc(F)cc1F)N(CCc1ccc(F)cc1)C(=O)C1CCNCC1. The van der Waals surface area contributed by atoms with E-state index in [0.29, 0.717) is 38.4 Å². The Labute approximate surface area is 166 Å². The molecule has 1 saturated heterocycles. The van der Waals surface area contributed by atoms with Crippen molar-refractivity contribution in [3.05, 3.63) is 65.5 Å². The number of rotatable bonds is 5. The van der Waals surface area contributed by atoms with Crippen LogP contribution in [0.3, 0.4) is 0 Å². The molecule has 2 aromatic rings. The van der Waals surface area contributed by atoms with Gasteiger partial charge in [-0.1, -0.05) is 12.1 Å². The second-order valence-electron chi connectivity index (χ2n) is 6.94. The maximum atomic E-state index is 13.9. The maximum Gasteiger partial charge on any atom is 0.328 e. The first-order chi connectivity index (χ1) is 13.9. The molecule has 1 aliphatic rings. The lowest BCUT2D eigenvalue weighted by Crippen LogP contribution is -2.46. The molecule has 1 fully saturated rings. The van der Waals surface area contributed by atoms with E-state index in [1.165, 1.54) is 12.1 Å². The molecule has 2 N–H and O–H groups in total. The quantitative estimate of drug-likeness (QED) is 0.797. The molecule has 0 saturated carbocycles. The van der Waals surface area contributed by atoms with Crippen LogP contribution >= 0.6 is 0 Å². The fourth-order valence-corrected chi connectivity index (χ4v) is 3.27. The number of nitrogens with one attached hydrogen (secondary N) is 2. The summed E-state index contributed by atoms with van der Waals surface area (Å²) in [5.41, 5.74) is 0.552. The number of amides is 3. The van der Waals surface area contributed by atoms with E-state index in [1.807, 2.05) is 0 Å². The molecule has 1 heterocycles. The number of imide groups is 1. The van der Waals surface area contributed by atoms with Gasteiger partial charge in [0.15, 0.2) is 0 Å². The average molecular weight is 405 g/mol.